The zero-order valence-corrected chi connectivity index (χ0v) is 10.7. The predicted octanol–water partition coefficient (Wildman–Crippen LogP) is 0.494. The van der Waals surface area contributed by atoms with Gasteiger partial charge >= 0.3 is 12.0 Å². The Morgan fingerprint density at radius 2 is 1.89 bits per heavy atom. The Bertz CT molecular complexity index is 448. The van der Waals surface area contributed by atoms with Gasteiger partial charge in [0.05, 0.1) is 6.61 Å². The van der Waals surface area contributed by atoms with Crippen LogP contribution in [0.25, 0.3) is 0 Å². The predicted molar refractivity (Wildman–Crippen MR) is 69.7 cm³/mol. The van der Waals surface area contributed by atoms with Crippen LogP contribution in [0.15, 0.2) is 24.3 Å². The third kappa shape index (κ3) is 4.59. The Kier molecular flexibility index (Phi) is 5.81. The summed E-state index contributed by atoms with van der Waals surface area (Å²) in [6.07, 6.45) is 0.855. The molecule has 1 rings (SSSR count). The second-order valence-corrected chi connectivity index (χ2v) is 4.02. The Morgan fingerprint density at radius 3 is 2.42 bits per heavy atom. The molecule has 0 radical (unpaired) electrons. The SMILES string of the molecule is CCc1ccccc1CNC(=O)N[C@H](CO)C(=O)O. The summed E-state index contributed by atoms with van der Waals surface area (Å²) in [6.45, 7) is 1.69. The van der Waals surface area contributed by atoms with Crippen LogP contribution in [0, 0.1) is 0 Å². The quantitative estimate of drug-likeness (QED) is 0.602. The summed E-state index contributed by atoms with van der Waals surface area (Å²) >= 11 is 0. The number of aliphatic hydroxyl groups excluding tert-OH is 1. The minimum absolute atomic E-state index is 0.313. The standard InChI is InChI=1S/C13H18N2O4/c1-2-9-5-3-4-6-10(9)7-14-13(19)15-11(8-16)12(17)18/h3-6,11,16H,2,7-8H2,1H3,(H,17,18)(H2,14,15,19)/t11-/m1/s1. The lowest BCUT2D eigenvalue weighted by Gasteiger charge is -2.13. The van der Waals surface area contributed by atoms with Crippen molar-refractivity contribution in [2.75, 3.05) is 6.61 Å². The van der Waals surface area contributed by atoms with Gasteiger partial charge in [-0.1, -0.05) is 31.2 Å². The Hall–Kier alpha value is -2.08. The van der Waals surface area contributed by atoms with E-state index in [0.29, 0.717) is 6.54 Å². The molecule has 0 aliphatic heterocycles. The van der Waals surface area contributed by atoms with Crippen molar-refractivity contribution in [3.63, 3.8) is 0 Å². The number of aryl methyl sites for hydroxylation is 1. The average molecular weight is 266 g/mol. The fourth-order valence-corrected chi connectivity index (χ4v) is 1.65. The van der Waals surface area contributed by atoms with E-state index in [2.05, 4.69) is 10.6 Å². The first kappa shape index (κ1) is 15.0. The molecule has 0 saturated heterocycles. The van der Waals surface area contributed by atoms with Gasteiger partial charge in [0.2, 0.25) is 0 Å². The molecule has 0 aliphatic rings. The minimum atomic E-state index is -1.29. The van der Waals surface area contributed by atoms with Crippen LogP contribution in [-0.2, 0) is 17.8 Å². The highest BCUT2D eigenvalue weighted by Gasteiger charge is 2.18. The van der Waals surface area contributed by atoms with E-state index in [1.54, 1.807) is 0 Å². The summed E-state index contributed by atoms with van der Waals surface area (Å²) in [5.41, 5.74) is 2.11. The normalized spacial score (nSPS) is 11.7. The van der Waals surface area contributed by atoms with E-state index in [1.807, 2.05) is 31.2 Å². The second kappa shape index (κ2) is 7.38. The maximum absolute atomic E-state index is 11.5. The lowest BCUT2D eigenvalue weighted by atomic mass is 10.1. The van der Waals surface area contributed by atoms with Gasteiger partial charge in [-0.3, -0.25) is 0 Å². The molecule has 1 aromatic rings. The third-order valence-corrected chi connectivity index (χ3v) is 2.72. The summed E-state index contributed by atoms with van der Waals surface area (Å²) < 4.78 is 0. The number of hydrogen-bond acceptors (Lipinski definition) is 3. The Balaban J connectivity index is 2.52. The van der Waals surface area contributed by atoms with E-state index in [9.17, 15) is 9.59 Å². The fourth-order valence-electron chi connectivity index (χ4n) is 1.65. The van der Waals surface area contributed by atoms with Gasteiger partial charge in [0.1, 0.15) is 0 Å². The van der Waals surface area contributed by atoms with Crippen molar-refractivity contribution in [3.8, 4) is 0 Å². The van der Waals surface area contributed by atoms with E-state index in [-0.39, 0.29) is 0 Å². The zero-order chi connectivity index (χ0) is 14.3. The van der Waals surface area contributed by atoms with E-state index in [1.165, 1.54) is 0 Å². The number of amides is 2. The Labute approximate surface area is 111 Å². The largest absolute Gasteiger partial charge is 0.480 e. The minimum Gasteiger partial charge on any atom is -0.480 e. The molecule has 1 aromatic carbocycles. The number of aliphatic carboxylic acids is 1. The van der Waals surface area contributed by atoms with Crippen LogP contribution in [-0.4, -0.2) is 34.9 Å². The number of carboxylic acid groups (broad SMARTS) is 1. The number of benzene rings is 1. The van der Waals surface area contributed by atoms with Gasteiger partial charge in [0, 0.05) is 6.54 Å². The van der Waals surface area contributed by atoms with E-state index >= 15 is 0 Å². The van der Waals surface area contributed by atoms with Crippen LogP contribution >= 0.6 is 0 Å². The fraction of sp³-hybridized carbons (Fsp3) is 0.385. The van der Waals surface area contributed by atoms with E-state index in [4.69, 9.17) is 10.2 Å². The maximum Gasteiger partial charge on any atom is 0.328 e. The molecule has 1 atom stereocenters. The molecule has 0 unspecified atom stereocenters. The molecule has 0 spiro atoms. The zero-order valence-electron chi connectivity index (χ0n) is 10.7. The summed E-state index contributed by atoms with van der Waals surface area (Å²) in [4.78, 5) is 22.1. The summed E-state index contributed by atoms with van der Waals surface area (Å²) in [7, 11) is 0. The number of aliphatic hydroxyl groups is 1. The number of hydrogen-bond donors (Lipinski definition) is 4. The first-order chi connectivity index (χ1) is 9.08. The van der Waals surface area contributed by atoms with Gasteiger partial charge in [0.15, 0.2) is 6.04 Å². The molecule has 0 aromatic heterocycles. The first-order valence-corrected chi connectivity index (χ1v) is 6.03. The van der Waals surface area contributed by atoms with Gasteiger partial charge in [-0.25, -0.2) is 9.59 Å². The Morgan fingerprint density at radius 1 is 1.26 bits per heavy atom. The van der Waals surface area contributed by atoms with Crippen molar-refractivity contribution >= 4 is 12.0 Å². The molecule has 0 bridgehead atoms. The lowest BCUT2D eigenvalue weighted by molar-refractivity contribution is -0.140. The molecule has 0 saturated carbocycles. The van der Waals surface area contributed by atoms with Crippen molar-refractivity contribution in [2.45, 2.75) is 25.9 Å². The van der Waals surface area contributed by atoms with Crippen LogP contribution in [0.4, 0.5) is 4.79 Å². The molecule has 0 heterocycles. The average Bonchev–Trinajstić information content (AvgIpc) is 2.42. The van der Waals surface area contributed by atoms with Crippen molar-refractivity contribution in [2.24, 2.45) is 0 Å². The number of nitrogens with one attached hydrogen (secondary N) is 2. The first-order valence-electron chi connectivity index (χ1n) is 6.03. The highest BCUT2D eigenvalue weighted by atomic mass is 16.4. The van der Waals surface area contributed by atoms with Crippen LogP contribution < -0.4 is 10.6 Å². The third-order valence-electron chi connectivity index (χ3n) is 2.72. The number of rotatable bonds is 6. The van der Waals surface area contributed by atoms with Gasteiger partial charge in [-0.05, 0) is 17.5 Å². The molecule has 2 amide bonds. The van der Waals surface area contributed by atoms with Crippen LogP contribution in [0.1, 0.15) is 18.1 Å². The molecular formula is C13H18N2O4. The van der Waals surface area contributed by atoms with Gasteiger partial charge in [-0.2, -0.15) is 0 Å². The molecule has 0 fully saturated rings. The monoisotopic (exact) mass is 266 g/mol. The number of carboxylic acids is 1. The smallest absolute Gasteiger partial charge is 0.328 e. The van der Waals surface area contributed by atoms with Crippen LogP contribution in [0.2, 0.25) is 0 Å². The number of urea groups is 1. The van der Waals surface area contributed by atoms with Crippen molar-refractivity contribution in [1.29, 1.82) is 0 Å². The number of carbonyl (C=O) groups is 2. The van der Waals surface area contributed by atoms with Gasteiger partial charge in [0.25, 0.3) is 0 Å². The maximum atomic E-state index is 11.5. The highest BCUT2D eigenvalue weighted by molar-refractivity contribution is 5.82. The topological polar surface area (TPSA) is 98.7 Å². The molecular weight excluding hydrogens is 248 g/mol. The van der Waals surface area contributed by atoms with Crippen LogP contribution in [0.3, 0.4) is 0 Å². The number of carbonyl (C=O) groups excluding carboxylic acids is 1. The lowest BCUT2D eigenvalue weighted by Crippen LogP contribution is -2.47. The van der Waals surface area contributed by atoms with Crippen molar-refractivity contribution in [3.05, 3.63) is 35.4 Å². The van der Waals surface area contributed by atoms with Gasteiger partial charge in [-0.15, -0.1) is 0 Å². The van der Waals surface area contributed by atoms with E-state index in [0.717, 1.165) is 17.5 Å². The van der Waals surface area contributed by atoms with E-state index < -0.39 is 24.6 Å². The summed E-state index contributed by atoms with van der Waals surface area (Å²) in [6, 6.07) is 5.77. The van der Waals surface area contributed by atoms with Gasteiger partial charge < -0.3 is 20.8 Å². The molecule has 4 N–H and O–H groups in total. The summed E-state index contributed by atoms with van der Waals surface area (Å²) in [5, 5.41) is 22.2. The van der Waals surface area contributed by atoms with Crippen LogP contribution in [0.5, 0.6) is 0 Å². The molecule has 6 nitrogen and oxygen atoms in total. The van der Waals surface area contributed by atoms with Crippen molar-refractivity contribution < 1.29 is 19.8 Å². The molecule has 19 heavy (non-hydrogen) atoms. The highest BCUT2D eigenvalue weighted by Crippen LogP contribution is 2.08. The second-order valence-electron chi connectivity index (χ2n) is 4.02. The van der Waals surface area contributed by atoms with Crippen molar-refractivity contribution in [1.82, 2.24) is 10.6 Å². The molecule has 0 aliphatic carbocycles. The molecule has 104 valence electrons. The summed E-state index contributed by atoms with van der Waals surface area (Å²) in [5.74, 6) is -1.27. The molecule has 6 heteroatoms.